The molecule has 0 saturated carbocycles. The zero-order valence-electron chi connectivity index (χ0n) is 16.1. The Labute approximate surface area is 187 Å². The van der Waals surface area contributed by atoms with Gasteiger partial charge in [-0.25, -0.2) is 17.8 Å². The summed E-state index contributed by atoms with van der Waals surface area (Å²) in [7, 11) is -3.60. The van der Waals surface area contributed by atoms with Crippen molar-refractivity contribution in [1.29, 1.82) is 0 Å². The number of rotatable bonds is 8. The number of sulfonamides is 1. The number of thiophene rings is 1. The Hall–Kier alpha value is -1.40. The molecule has 0 radical (unpaired) electrons. The zero-order valence-corrected chi connectivity index (χ0v) is 20.0. The van der Waals surface area contributed by atoms with Gasteiger partial charge in [-0.3, -0.25) is 4.72 Å². The number of hydrogen-bond donors (Lipinski definition) is 3. The molecule has 0 bridgehead atoms. The van der Waals surface area contributed by atoms with Crippen LogP contribution in [0.1, 0.15) is 22.2 Å². The van der Waals surface area contributed by atoms with Crippen molar-refractivity contribution in [3.8, 4) is 0 Å². The molecule has 0 amide bonds. The molecule has 1 aromatic heterocycles. The van der Waals surface area contributed by atoms with Crippen LogP contribution in [0.5, 0.6) is 0 Å². The fraction of sp³-hybridized carbons (Fsp3) is 0.389. The van der Waals surface area contributed by atoms with E-state index in [9.17, 15) is 12.8 Å². The standard InChI is InChI=1S/C18H25FN4O2S2.HI/c1-4-20-18(22-12-16-8-6-14(3)26-16)21-9-10-27(24,25)23-15-7-5-13(2)17(19)11-15;/h5-8,11,23H,4,9-10,12H2,1-3H3,(H2,20,21,22);1H. The summed E-state index contributed by atoms with van der Waals surface area (Å²) in [5.74, 6) is -0.0517. The monoisotopic (exact) mass is 540 g/mol. The lowest BCUT2D eigenvalue weighted by molar-refractivity contribution is 0.599. The van der Waals surface area contributed by atoms with Crippen LogP contribution in [0.25, 0.3) is 0 Å². The molecule has 0 aliphatic heterocycles. The van der Waals surface area contributed by atoms with E-state index in [2.05, 4.69) is 20.3 Å². The van der Waals surface area contributed by atoms with E-state index in [0.29, 0.717) is 24.6 Å². The van der Waals surface area contributed by atoms with Gasteiger partial charge in [0.1, 0.15) is 5.82 Å². The maximum atomic E-state index is 13.6. The van der Waals surface area contributed by atoms with E-state index in [1.165, 1.54) is 23.1 Å². The van der Waals surface area contributed by atoms with Crippen molar-refractivity contribution in [1.82, 2.24) is 10.6 Å². The van der Waals surface area contributed by atoms with Crippen LogP contribution >= 0.6 is 35.3 Å². The molecule has 0 fully saturated rings. The topological polar surface area (TPSA) is 82.6 Å². The van der Waals surface area contributed by atoms with E-state index >= 15 is 0 Å². The van der Waals surface area contributed by atoms with E-state index in [1.807, 2.05) is 26.0 Å². The van der Waals surface area contributed by atoms with Crippen LogP contribution in [0.15, 0.2) is 35.3 Å². The lowest BCUT2D eigenvalue weighted by atomic mass is 10.2. The first-order chi connectivity index (χ1) is 12.8. The number of aryl methyl sites for hydroxylation is 2. The molecule has 10 heteroatoms. The van der Waals surface area contributed by atoms with Crippen molar-refractivity contribution in [2.24, 2.45) is 4.99 Å². The molecule has 3 N–H and O–H groups in total. The highest BCUT2D eigenvalue weighted by Crippen LogP contribution is 2.16. The smallest absolute Gasteiger partial charge is 0.234 e. The van der Waals surface area contributed by atoms with Gasteiger partial charge in [0.2, 0.25) is 10.0 Å². The number of hydrogen-bond acceptors (Lipinski definition) is 4. The van der Waals surface area contributed by atoms with Crippen LogP contribution in [0, 0.1) is 19.7 Å². The largest absolute Gasteiger partial charge is 0.357 e. The fourth-order valence-corrected chi connectivity index (χ4v) is 4.03. The maximum absolute atomic E-state index is 13.6. The minimum absolute atomic E-state index is 0. The van der Waals surface area contributed by atoms with E-state index in [1.54, 1.807) is 18.3 Å². The second kappa shape index (κ2) is 11.6. The van der Waals surface area contributed by atoms with Gasteiger partial charge in [-0.1, -0.05) is 6.07 Å². The number of nitrogens with one attached hydrogen (secondary N) is 3. The average Bonchev–Trinajstić information content (AvgIpc) is 3.01. The SMILES string of the molecule is CCNC(=NCc1ccc(C)s1)NCCS(=O)(=O)Nc1ccc(C)c(F)c1.I. The van der Waals surface area contributed by atoms with Gasteiger partial charge in [-0.2, -0.15) is 0 Å². The van der Waals surface area contributed by atoms with Gasteiger partial charge in [0, 0.05) is 22.8 Å². The summed E-state index contributed by atoms with van der Waals surface area (Å²) in [5.41, 5.74) is 0.679. The van der Waals surface area contributed by atoms with Gasteiger partial charge in [-0.05, 0) is 50.6 Å². The van der Waals surface area contributed by atoms with Crippen LogP contribution < -0.4 is 15.4 Å². The van der Waals surface area contributed by atoms with E-state index in [0.717, 1.165) is 4.88 Å². The molecule has 0 aliphatic rings. The van der Waals surface area contributed by atoms with Gasteiger partial charge < -0.3 is 10.6 Å². The highest BCUT2D eigenvalue weighted by atomic mass is 127. The molecule has 0 saturated heterocycles. The number of guanidine groups is 1. The first-order valence-electron chi connectivity index (χ1n) is 8.63. The van der Waals surface area contributed by atoms with Crippen molar-refractivity contribution in [3.05, 3.63) is 51.5 Å². The minimum Gasteiger partial charge on any atom is -0.357 e. The van der Waals surface area contributed by atoms with Gasteiger partial charge in [0.15, 0.2) is 5.96 Å². The van der Waals surface area contributed by atoms with Gasteiger partial charge in [0.25, 0.3) is 0 Å². The molecule has 0 spiro atoms. The number of halogens is 2. The summed E-state index contributed by atoms with van der Waals surface area (Å²) < 4.78 is 40.3. The molecule has 1 aromatic carbocycles. The molecule has 2 aromatic rings. The Morgan fingerprint density at radius 2 is 1.93 bits per heavy atom. The molecular formula is C18H26FIN4O2S2. The third-order valence-corrected chi connectivity index (χ3v) is 5.92. The fourth-order valence-electron chi connectivity index (χ4n) is 2.26. The normalized spacial score (nSPS) is 11.6. The van der Waals surface area contributed by atoms with E-state index in [-0.39, 0.29) is 42.0 Å². The average molecular weight is 540 g/mol. The summed E-state index contributed by atoms with van der Waals surface area (Å²) in [6.07, 6.45) is 0. The van der Waals surface area contributed by atoms with Gasteiger partial charge >= 0.3 is 0 Å². The predicted molar refractivity (Wildman–Crippen MR) is 126 cm³/mol. The van der Waals surface area contributed by atoms with Crippen LogP contribution in [-0.2, 0) is 16.6 Å². The predicted octanol–water partition coefficient (Wildman–Crippen LogP) is 3.62. The lowest BCUT2D eigenvalue weighted by Crippen LogP contribution is -2.40. The summed E-state index contributed by atoms with van der Waals surface area (Å²) in [6, 6.07) is 8.32. The van der Waals surface area contributed by atoms with Crippen molar-refractivity contribution in [2.45, 2.75) is 27.3 Å². The number of anilines is 1. The van der Waals surface area contributed by atoms with Gasteiger partial charge in [0.05, 0.1) is 18.0 Å². The molecular weight excluding hydrogens is 514 g/mol. The molecule has 0 atom stereocenters. The van der Waals surface area contributed by atoms with Crippen LogP contribution in [0.3, 0.4) is 0 Å². The van der Waals surface area contributed by atoms with Gasteiger partial charge in [-0.15, -0.1) is 35.3 Å². The van der Waals surface area contributed by atoms with Crippen LogP contribution in [-0.4, -0.2) is 33.2 Å². The van der Waals surface area contributed by atoms with E-state index in [4.69, 9.17) is 0 Å². The minimum atomic E-state index is -3.60. The molecule has 28 heavy (non-hydrogen) atoms. The van der Waals surface area contributed by atoms with Crippen molar-refractivity contribution < 1.29 is 12.8 Å². The lowest BCUT2D eigenvalue weighted by Gasteiger charge is -2.12. The quantitative estimate of drug-likeness (QED) is 0.272. The molecule has 156 valence electrons. The third-order valence-electron chi connectivity index (χ3n) is 3.64. The Morgan fingerprint density at radius 3 is 2.54 bits per heavy atom. The highest BCUT2D eigenvalue weighted by molar-refractivity contribution is 14.0. The summed E-state index contributed by atoms with van der Waals surface area (Å²) >= 11 is 1.68. The number of nitrogens with zero attached hydrogens (tertiary/aromatic N) is 1. The van der Waals surface area contributed by atoms with Crippen LogP contribution in [0.4, 0.5) is 10.1 Å². The molecule has 2 rings (SSSR count). The van der Waals surface area contributed by atoms with Crippen molar-refractivity contribution in [2.75, 3.05) is 23.6 Å². The van der Waals surface area contributed by atoms with E-state index < -0.39 is 15.8 Å². The number of benzene rings is 1. The second-order valence-electron chi connectivity index (χ2n) is 6.02. The number of aliphatic imine (C=N–C) groups is 1. The summed E-state index contributed by atoms with van der Waals surface area (Å²) in [5, 5.41) is 6.10. The third kappa shape index (κ3) is 8.31. The first kappa shape index (κ1) is 24.6. The molecule has 0 unspecified atom stereocenters. The van der Waals surface area contributed by atoms with Crippen molar-refractivity contribution >= 4 is 57.0 Å². The zero-order chi connectivity index (χ0) is 19.9. The Morgan fingerprint density at radius 1 is 1.18 bits per heavy atom. The van der Waals surface area contributed by atoms with Crippen LogP contribution in [0.2, 0.25) is 0 Å². The second-order valence-corrected chi connectivity index (χ2v) is 9.23. The summed E-state index contributed by atoms with van der Waals surface area (Å²) in [4.78, 5) is 6.83. The molecule has 1 heterocycles. The first-order valence-corrected chi connectivity index (χ1v) is 11.1. The highest BCUT2D eigenvalue weighted by Gasteiger charge is 2.12. The Balaban J connectivity index is 0.00000392. The maximum Gasteiger partial charge on any atom is 0.234 e. The Bertz CT molecular complexity index is 901. The molecule has 0 aliphatic carbocycles. The summed E-state index contributed by atoms with van der Waals surface area (Å²) in [6.45, 7) is 6.98. The molecule has 6 nitrogen and oxygen atoms in total. The van der Waals surface area contributed by atoms with Crippen molar-refractivity contribution in [3.63, 3.8) is 0 Å². The Kier molecular flexibility index (Phi) is 10.2.